The highest BCUT2D eigenvalue weighted by atomic mass is 79.9. The lowest BCUT2D eigenvalue weighted by molar-refractivity contribution is -0.00998. The second-order valence-corrected chi connectivity index (χ2v) is 12.3. The number of amides is 1. The normalized spacial score (nSPS) is 16.7. The van der Waals surface area contributed by atoms with E-state index in [9.17, 15) is 9.59 Å². The zero-order valence-electron chi connectivity index (χ0n) is 24.4. The molecule has 0 N–H and O–H groups in total. The lowest BCUT2D eigenvalue weighted by atomic mass is 9.97. The van der Waals surface area contributed by atoms with Gasteiger partial charge in [-0.25, -0.2) is 4.52 Å². The second-order valence-electron chi connectivity index (χ2n) is 11.5. The third-order valence-electron chi connectivity index (χ3n) is 7.89. The van der Waals surface area contributed by atoms with Gasteiger partial charge in [-0.1, -0.05) is 29.8 Å². The number of aliphatic imine (C=N–C) groups is 1. The summed E-state index contributed by atoms with van der Waals surface area (Å²) in [7, 11) is 1.78. The molecule has 0 saturated heterocycles. The van der Waals surface area contributed by atoms with Crippen LogP contribution < -0.4 is 5.56 Å². The minimum Gasteiger partial charge on any atom is -0.358 e. The summed E-state index contributed by atoms with van der Waals surface area (Å²) in [5.41, 5.74) is 6.28. The Bertz CT molecular complexity index is 1840. The van der Waals surface area contributed by atoms with E-state index in [-0.39, 0.29) is 17.5 Å². The van der Waals surface area contributed by atoms with Crippen molar-refractivity contribution >= 4 is 33.3 Å². The maximum Gasteiger partial charge on any atom is 0.261 e. The predicted octanol–water partition coefficient (Wildman–Crippen LogP) is 5.44. The number of rotatable bonds is 5. The van der Waals surface area contributed by atoms with Crippen molar-refractivity contribution in [3.05, 3.63) is 109 Å². The maximum atomic E-state index is 14.3. The van der Waals surface area contributed by atoms with Crippen LogP contribution in [0.3, 0.4) is 0 Å². The highest BCUT2D eigenvalue weighted by Gasteiger charge is 2.33. The van der Waals surface area contributed by atoms with Crippen LogP contribution in [-0.2, 0) is 24.2 Å². The van der Waals surface area contributed by atoms with E-state index in [0.29, 0.717) is 41.7 Å². The summed E-state index contributed by atoms with van der Waals surface area (Å²) in [6.45, 7) is 12.3. The van der Waals surface area contributed by atoms with E-state index in [1.54, 1.807) is 16.7 Å². The van der Waals surface area contributed by atoms with Crippen LogP contribution in [0.2, 0.25) is 0 Å². The molecule has 0 spiro atoms. The summed E-state index contributed by atoms with van der Waals surface area (Å²) in [6.07, 6.45) is 3.05. The number of carbonyl (C=O) groups excluding carboxylic acids is 1. The topological polar surface area (TPSA) is 84.4 Å². The van der Waals surface area contributed by atoms with Gasteiger partial charge in [0.1, 0.15) is 5.65 Å². The molecular formula is C32H33BrN6O3. The van der Waals surface area contributed by atoms with Crippen LogP contribution in [0, 0.1) is 12.8 Å². The third-order valence-corrected chi connectivity index (χ3v) is 8.78. The smallest absolute Gasteiger partial charge is 0.261 e. The van der Waals surface area contributed by atoms with E-state index in [1.807, 2.05) is 71.9 Å². The Balaban J connectivity index is 1.47. The summed E-state index contributed by atoms with van der Waals surface area (Å²) in [6, 6.07) is 13.2. The number of hydrogen-bond donors (Lipinski definition) is 0. The Kier molecular flexibility index (Phi) is 7.04. The molecule has 9 nitrogen and oxygen atoms in total. The quantitative estimate of drug-likeness (QED) is 0.294. The molecule has 2 aliphatic heterocycles. The van der Waals surface area contributed by atoms with E-state index in [2.05, 4.69) is 41.3 Å². The monoisotopic (exact) mass is 628 g/mol. The van der Waals surface area contributed by atoms with E-state index >= 15 is 0 Å². The van der Waals surface area contributed by atoms with Gasteiger partial charge in [0, 0.05) is 39.8 Å². The Hall–Kier alpha value is -4.18. The molecule has 4 aromatic rings. The van der Waals surface area contributed by atoms with Crippen molar-refractivity contribution in [2.45, 2.75) is 53.1 Å². The lowest BCUT2D eigenvalue weighted by Gasteiger charge is -2.35. The molecule has 1 atom stereocenters. The number of benzene rings is 2. The molecule has 10 heteroatoms. The molecule has 0 aliphatic carbocycles. The minimum absolute atomic E-state index is 0.0577. The van der Waals surface area contributed by atoms with E-state index in [1.165, 1.54) is 0 Å². The summed E-state index contributed by atoms with van der Waals surface area (Å²) >= 11 is 3.52. The van der Waals surface area contributed by atoms with Gasteiger partial charge in [0.15, 0.2) is 5.84 Å². The van der Waals surface area contributed by atoms with E-state index in [0.717, 1.165) is 44.6 Å². The number of aromatic nitrogens is 3. The van der Waals surface area contributed by atoms with Crippen molar-refractivity contribution in [3.8, 4) is 5.69 Å². The predicted molar refractivity (Wildman–Crippen MR) is 166 cm³/mol. The van der Waals surface area contributed by atoms with Gasteiger partial charge in [0.2, 0.25) is 5.88 Å². The van der Waals surface area contributed by atoms with Crippen LogP contribution in [0.1, 0.15) is 59.1 Å². The number of carbonyl (C=O) groups is 1. The molecular weight excluding hydrogens is 596 g/mol. The molecule has 216 valence electrons. The van der Waals surface area contributed by atoms with Crippen molar-refractivity contribution in [1.82, 2.24) is 24.1 Å². The van der Waals surface area contributed by atoms with Crippen molar-refractivity contribution in [2.75, 3.05) is 7.05 Å². The first-order valence-electron chi connectivity index (χ1n) is 14.0. The van der Waals surface area contributed by atoms with Crippen molar-refractivity contribution < 1.29 is 9.63 Å². The molecule has 2 aliphatic rings. The first-order chi connectivity index (χ1) is 20.0. The number of halogens is 1. The molecule has 0 saturated carbocycles. The zero-order valence-corrected chi connectivity index (χ0v) is 26.0. The molecule has 2 aromatic carbocycles. The molecule has 6 rings (SSSR count). The fourth-order valence-corrected chi connectivity index (χ4v) is 6.09. The number of nitrogens with zero attached hydrogens (tertiary/aromatic N) is 6. The standard InChI is InChI=1S/C32H33BrN6O3/c1-18(2)13-24-16-34-39-28-17-37(31(40)23-9-12-27(33)19(3)14-23)20(4)15-26(28)32(41)38(30(24)39)25-10-7-22(8-11-25)29-35-21(5)42-36(29)6/h7-12,14,16,18,20H,5,13,15,17H2,1-4,6H3/t20-/m1/s1. The number of amidine groups is 1. The average Bonchev–Trinajstić information content (AvgIpc) is 3.51. The second kappa shape index (κ2) is 10.6. The largest absolute Gasteiger partial charge is 0.358 e. The summed E-state index contributed by atoms with van der Waals surface area (Å²) < 4.78 is 4.60. The van der Waals surface area contributed by atoms with Crippen LogP contribution >= 0.6 is 15.9 Å². The SMILES string of the molecule is C=C1N=C(c2ccc(-n3c(=O)c4c(n5ncc(CC(C)C)c35)CN(C(=O)c3ccc(Br)c(C)c3)[C@H](C)C4)cc2)N(C)O1. The molecule has 2 aromatic heterocycles. The van der Waals surface area contributed by atoms with Crippen LogP contribution in [0.25, 0.3) is 11.3 Å². The van der Waals surface area contributed by atoms with Crippen LogP contribution in [0.15, 0.2) is 75.4 Å². The molecule has 0 bridgehead atoms. The molecule has 0 unspecified atom stereocenters. The van der Waals surface area contributed by atoms with Crippen molar-refractivity contribution in [2.24, 2.45) is 10.9 Å². The molecule has 42 heavy (non-hydrogen) atoms. The minimum atomic E-state index is -0.162. The van der Waals surface area contributed by atoms with Crippen molar-refractivity contribution in [3.63, 3.8) is 0 Å². The van der Waals surface area contributed by atoms with Gasteiger partial charge < -0.3 is 9.74 Å². The van der Waals surface area contributed by atoms with Gasteiger partial charge in [-0.15, -0.1) is 0 Å². The van der Waals surface area contributed by atoms with Crippen LogP contribution in [0.4, 0.5) is 0 Å². The van der Waals surface area contributed by atoms with Crippen LogP contribution in [0.5, 0.6) is 0 Å². The zero-order chi connectivity index (χ0) is 29.9. The van der Waals surface area contributed by atoms with Crippen molar-refractivity contribution in [1.29, 1.82) is 0 Å². The Morgan fingerprint density at radius 2 is 1.93 bits per heavy atom. The molecule has 1 amide bonds. The van der Waals surface area contributed by atoms with Gasteiger partial charge in [-0.2, -0.15) is 15.2 Å². The Labute approximate surface area is 252 Å². The van der Waals surface area contributed by atoms with Gasteiger partial charge in [0.05, 0.1) is 24.1 Å². The fraction of sp³-hybridized carbons (Fsp3) is 0.312. The van der Waals surface area contributed by atoms with Gasteiger partial charge in [0.25, 0.3) is 11.5 Å². The highest BCUT2D eigenvalue weighted by Crippen LogP contribution is 2.28. The lowest BCUT2D eigenvalue weighted by Crippen LogP contribution is -2.46. The summed E-state index contributed by atoms with van der Waals surface area (Å²) in [5, 5.41) is 6.36. The average molecular weight is 630 g/mol. The fourth-order valence-electron chi connectivity index (χ4n) is 5.84. The number of aryl methyl sites for hydroxylation is 1. The van der Waals surface area contributed by atoms with Crippen LogP contribution in [-0.4, -0.2) is 49.0 Å². The number of hydroxylamine groups is 2. The summed E-state index contributed by atoms with van der Waals surface area (Å²) in [4.78, 5) is 39.7. The number of hydrogen-bond acceptors (Lipinski definition) is 6. The molecule has 4 heterocycles. The summed E-state index contributed by atoms with van der Waals surface area (Å²) in [5.74, 6) is 1.29. The highest BCUT2D eigenvalue weighted by molar-refractivity contribution is 9.10. The Morgan fingerprint density at radius 1 is 1.19 bits per heavy atom. The first kappa shape index (κ1) is 28.0. The van der Waals surface area contributed by atoms with Gasteiger partial charge in [-0.05, 0) is 87.2 Å². The van der Waals surface area contributed by atoms with E-state index in [4.69, 9.17) is 9.94 Å². The molecule has 0 fully saturated rings. The third kappa shape index (κ3) is 4.73. The Morgan fingerprint density at radius 3 is 2.57 bits per heavy atom. The van der Waals surface area contributed by atoms with Gasteiger partial charge in [-0.3, -0.25) is 14.2 Å². The molecule has 0 radical (unpaired) electrons. The van der Waals surface area contributed by atoms with Gasteiger partial charge >= 0.3 is 0 Å². The number of fused-ring (bicyclic) bond motifs is 3. The first-order valence-corrected chi connectivity index (χ1v) is 14.8. The maximum absolute atomic E-state index is 14.3. The van der Waals surface area contributed by atoms with E-state index < -0.39 is 0 Å².